The van der Waals surface area contributed by atoms with E-state index in [1.807, 2.05) is 27.7 Å². The SMILES string of the molecule is C[C@@H]1CC[C@]2(C(=O)O)CC[C@]3(C)C(=CC[C@H]4[C@@]3(C)[C@@H](O)CC3C(C)(C)[C@H](O)[C@H](O)C[C@@]34C)[C@H]2[C@]1(C)O. The molecule has 0 spiro atoms. The Morgan fingerprint density at radius 1 is 0.972 bits per heavy atom. The van der Waals surface area contributed by atoms with Gasteiger partial charge >= 0.3 is 5.97 Å². The number of rotatable bonds is 1. The molecular formula is C30H48O6. The second-order valence-corrected chi connectivity index (χ2v) is 15.0. The second kappa shape index (κ2) is 7.58. The van der Waals surface area contributed by atoms with Gasteiger partial charge in [-0.2, -0.15) is 0 Å². The van der Waals surface area contributed by atoms with Crippen molar-refractivity contribution in [2.45, 2.75) is 117 Å². The zero-order valence-electron chi connectivity index (χ0n) is 23.2. The lowest BCUT2D eigenvalue weighted by Gasteiger charge is -2.73. The molecule has 36 heavy (non-hydrogen) atoms. The molecule has 0 amide bonds. The van der Waals surface area contributed by atoms with E-state index in [2.05, 4.69) is 26.8 Å². The number of aliphatic hydroxyl groups excluding tert-OH is 3. The summed E-state index contributed by atoms with van der Waals surface area (Å²) in [5.74, 6) is -1.20. The molecular weight excluding hydrogens is 456 g/mol. The minimum atomic E-state index is -1.15. The van der Waals surface area contributed by atoms with Crippen LogP contribution in [0.15, 0.2) is 11.6 Å². The van der Waals surface area contributed by atoms with Crippen LogP contribution in [0.4, 0.5) is 0 Å². The summed E-state index contributed by atoms with van der Waals surface area (Å²) < 4.78 is 0. The number of fused-ring (bicyclic) bond motifs is 7. The standard InChI is InChI=1S/C30H48O6/c1-16-10-11-30(24(34)35)13-12-27(5)17(22(30)29(16,7)36)8-9-19-26(4)15-18(31)23(33)25(2,3)20(26)14-21(32)28(19,27)6/h8,16,18-23,31-33,36H,9-15H2,1-7H3,(H,34,35)/t16-,18-,19-,20?,21+,22+,23-,26-,27-,28+,29-,30+/m1/s1. The summed E-state index contributed by atoms with van der Waals surface area (Å²) in [6, 6.07) is 0. The molecule has 0 bridgehead atoms. The third kappa shape index (κ3) is 2.85. The van der Waals surface area contributed by atoms with E-state index in [9.17, 15) is 30.3 Å². The van der Waals surface area contributed by atoms with Crippen LogP contribution in [0.1, 0.15) is 93.4 Å². The van der Waals surface area contributed by atoms with E-state index in [0.29, 0.717) is 44.9 Å². The topological polar surface area (TPSA) is 118 Å². The van der Waals surface area contributed by atoms with Crippen LogP contribution in [0.3, 0.4) is 0 Å². The number of allylic oxidation sites excluding steroid dienone is 1. The van der Waals surface area contributed by atoms with Crippen molar-refractivity contribution in [1.82, 2.24) is 0 Å². The molecule has 1 unspecified atom stereocenters. The van der Waals surface area contributed by atoms with Crippen LogP contribution in [-0.4, -0.2) is 55.4 Å². The highest BCUT2D eigenvalue weighted by molar-refractivity contribution is 5.77. The average Bonchev–Trinajstić information content (AvgIpc) is 2.77. The van der Waals surface area contributed by atoms with E-state index in [1.165, 1.54) is 0 Å². The van der Waals surface area contributed by atoms with Crippen molar-refractivity contribution in [3.8, 4) is 0 Å². The maximum Gasteiger partial charge on any atom is 0.310 e. The molecule has 0 aromatic carbocycles. The largest absolute Gasteiger partial charge is 0.481 e. The van der Waals surface area contributed by atoms with Crippen molar-refractivity contribution in [1.29, 1.82) is 0 Å². The highest BCUT2D eigenvalue weighted by atomic mass is 16.4. The van der Waals surface area contributed by atoms with Crippen LogP contribution in [-0.2, 0) is 4.79 Å². The first kappa shape index (κ1) is 26.6. The first-order valence-corrected chi connectivity index (χ1v) is 14.1. The van der Waals surface area contributed by atoms with Gasteiger partial charge in [0.15, 0.2) is 0 Å². The van der Waals surface area contributed by atoms with Gasteiger partial charge in [-0.3, -0.25) is 4.79 Å². The Kier molecular flexibility index (Phi) is 5.61. The van der Waals surface area contributed by atoms with Gasteiger partial charge in [-0.05, 0) is 85.9 Å². The van der Waals surface area contributed by atoms with Crippen LogP contribution in [0, 0.1) is 50.7 Å². The van der Waals surface area contributed by atoms with Crippen LogP contribution < -0.4 is 0 Å². The highest BCUT2D eigenvalue weighted by Crippen LogP contribution is 2.76. The molecule has 0 aromatic heterocycles. The van der Waals surface area contributed by atoms with Crippen molar-refractivity contribution in [2.75, 3.05) is 0 Å². The fraction of sp³-hybridized carbons (Fsp3) is 0.900. The van der Waals surface area contributed by atoms with Crippen molar-refractivity contribution in [3.05, 3.63) is 11.6 Å². The minimum absolute atomic E-state index is 0.0160. The van der Waals surface area contributed by atoms with Crippen molar-refractivity contribution < 1.29 is 30.3 Å². The summed E-state index contributed by atoms with van der Waals surface area (Å²) in [7, 11) is 0. The van der Waals surface area contributed by atoms with Crippen LogP contribution in [0.25, 0.3) is 0 Å². The van der Waals surface area contributed by atoms with Gasteiger partial charge in [0.25, 0.3) is 0 Å². The lowest BCUT2D eigenvalue weighted by atomic mass is 9.32. The fourth-order valence-electron chi connectivity index (χ4n) is 10.9. The van der Waals surface area contributed by atoms with Gasteiger partial charge in [0.1, 0.15) is 0 Å². The van der Waals surface area contributed by atoms with E-state index in [-0.39, 0.29) is 23.2 Å². The van der Waals surface area contributed by atoms with Crippen molar-refractivity contribution in [2.24, 2.45) is 50.7 Å². The third-order valence-corrected chi connectivity index (χ3v) is 13.5. The summed E-state index contributed by atoms with van der Waals surface area (Å²) >= 11 is 0. The van der Waals surface area contributed by atoms with E-state index >= 15 is 0 Å². The first-order valence-electron chi connectivity index (χ1n) is 14.1. The lowest BCUT2D eigenvalue weighted by Crippen LogP contribution is -2.71. The third-order valence-electron chi connectivity index (χ3n) is 13.5. The normalized spacial score (nSPS) is 58.0. The van der Waals surface area contributed by atoms with E-state index in [1.54, 1.807) is 0 Å². The summed E-state index contributed by atoms with van der Waals surface area (Å²) in [4.78, 5) is 12.8. The number of carboxylic acids is 1. The zero-order valence-corrected chi connectivity index (χ0v) is 23.2. The maximum atomic E-state index is 12.8. The smallest absolute Gasteiger partial charge is 0.310 e. The van der Waals surface area contributed by atoms with Gasteiger partial charge in [-0.25, -0.2) is 0 Å². The van der Waals surface area contributed by atoms with Gasteiger partial charge in [0.05, 0.1) is 29.3 Å². The van der Waals surface area contributed by atoms with Gasteiger partial charge in [-0.1, -0.05) is 53.2 Å². The zero-order chi connectivity index (χ0) is 26.9. The Bertz CT molecular complexity index is 986. The van der Waals surface area contributed by atoms with E-state index in [0.717, 1.165) is 5.57 Å². The highest BCUT2D eigenvalue weighted by Gasteiger charge is 2.73. The van der Waals surface area contributed by atoms with Crippen molar-refractivity contribution in [3.63, 3.8) is 0 Å². The molecule has 4 saturated carbocycles. The Balaban J connectivity index is 1.68. The molecule has 0 saturated heterocycles. The van der Waals surface area contributed by atoms with E-state index < -0.39 is 57.5 Å². The Labute approximate surface area is 216 Å². The molecule has 4 fully saturated rings. The molecule has 5 aliphatic carbocycles. The molecule has 5 aliphatic rings. The number of hydrogen-bond donors (Lipinski definition) is 5. The predicted molar refractivity (Wildman–Crippen MR) is 137 cm³/mol. The lowest BCUT2D eigenvalue weighted by molar-refractivity contribution is -0.266. The van der Waals surface area contributed by atoms with Crippen LogP contribution in [0.2, 0.25) is 0 Å². The monoisotopic (exact) mass is 504 g/mol. The molecule has 0 aromatic rings. The Morgan fingerprint density at radius 3 is 2.22 bits per heavy atom. The minimum Gasteiger partial charge on any atom is -0.481 e. The Morgan fingerprint density at radius 2 is 1.61 bits per heavy atom. The summed E-state index contributed by atoms with van der Waals surface area (Å²) in [5, 5.41) is 56.3. The first-order chi connectivity index (χ1) is 16.4. The number of aliphatic carboxylic acids is 1. The number of carboxylic acid groups (broad SMARTS) is 1. The van der Waals surface area contributed by atoms with Crippen LogP contribution in [0.5, 0.6) is 0 Å². The number of aliphatic hydroxyl groups is 4. The van der Waals surface area contributed by atoms with Crippen molar-refractivity contribution >= 4 is 5.97 Å². The molecule has 6 heteroatoms. The fourth-order valence-corrected chi connectivity index (χ4v) is 10.9. The molecule has 0 aliphatic heterocycles. The molecule has 204 valence electrons. The van der Waals surface area contributed by atoms with E-state index in [4.69, 9.17) is 0 Å². The molecule has 0 radical (unpaired) electrons. The van der Waals surface area contributed by atoms with Crippen LogP contribution >= 0.6 is 0 Å². The summed E-state index contributed by atoms with van der Waals surface area (Å²) in [6.45, 7) is 14.5. The number of carbonyl (C=O) groups is 1. The molecule has 0 heterocycles. The average molecular weight is 505 g/mol. The quantitative estimate of drug-likeness (QED) is 0.343. The predicted octanol–water partition coefficient (Wildman–Crippen LogP) is 4.15. The molecule has 5 rings (SSSR count). The maximum absolute atomic E-state index is 12.8. The molecule has 6 nitrogen and oxygen atoms in total. The summed E-state index contributed by atoms with van der Waals surface area (Å²) in [6.07, 6.45) is 4.08. The summed E-state index contributed by atoms with van der Waals surface area (Å²) in [5.41, 5.74) is -2.93. The van der Waals surface area contributed by atoms with Gasteiger partial charge in [-0.15, -0.1) is 0 Å². The Hall–Kier alpha value is -0.950. The van der Waals surface area contributed by atoms with Gasteiger partial charge < -0.3 is 25.5 Å². The van der Waals surface area contributed by atoms with Gasteiger partial charge in [0, 0.05) is 11.3 Å². The second-order valence-electron chi connectivity index (χ2n) is 15.0. The number of hydrogen-bond acceptors (Lipinski definition) is 5. The van der Waals surface area contributed by atoms with Gasteiger partial charge in [0.2, 0.25) is 0 Å². The molecule has 5 N–H and O–H groups in total. The molecule has 12 atom stereocenters.